The highest BCUT2D eigenvalue weighted by Crippen LogP contribution is 2.09. The minimum atomic E-state index is -0.634. The van der Waals surface area contributed by atoms with Gasteiger partial charge in [0.05, 0.1) is 0 Å². The van der Waals surface area contributed by atoms with E-state index in [1.807, 2.05) is 24.4 Å². The van der Waals surface area contributed by atoms with Crippen LogP contribution in [0.25, 0.3) is 0 Å². The summed E-state index contributed by atoms with van der Waals surface area (Å²) < 4.78 is 0. The number of hydrogen-bond donors (Lipinski definition) is 2. The molecule has 2 amide bonds. The molecule has 70 valence electrons. The number of urea groups is 1. The molecule has 1 aromatic rings. The van der Waals surface area contributed by atoms with Crippen molar-refractivity contribution in [2.75, 3.05) is 0 Å². The number of thiophene rings is 1. The fourth-order valence-electron chi connectivity index (χ4n) is 0.855. The van der Waals surface area contributed by atoms with Crippen LogP contribution in [0.5, 0.6) is 0 Å². The van der Waals surface area contributed by atoms with Crippen LogP contribution in [-0.4, -0.2) is 11.7 Å². The molecule has 0 atom stereocenters. The van der Waals surface area contributed by atoms with Gasteiger partial charge in [-0.2, -0.15) is 5.10 Å². The van der Waals surface area contributed by atoms with E-state index < -0.39 is 6.03 Å². The molecule has 0 saturated carbocycles. The average Bonchev–Trinajstić information content (AvgIpc) is 2.53. The van der Waals surface area contributed by atoms with Gasteiger partial charge in [-0.15, -0.1) is 11.3 Å². The van der Waals surface area contributed by atoms with Crippen LogP contribution >= 0.6 is 11.3 Å². The van der Waals surface area contributed by atoms with Crippen molar-refractivity contribution in [1.29, 1.82) is 0 Å². The molecular weight excluding hydrogens is 186 g/mol. The highest BCUT2D eigenvalue weighted by Gasteiger charge is 1.96. The Hall–Kier alpha value is -1.36. The van der Waals surface area contributed by atoms with Gasteiger partial charge in [-0.25, -0.2) is 10.2 Å². The molecule has 3 N–H and O–H groups in total. The maximum Gasteiger partial charge on any atom is 0.332 e. The number of nitrogens with two attached hydrogens (primary N) is 1. The lowest BCUT2D eigenvalue weighted by Gasteiger charge is -1.97. The van der Waals surface area contributed by atoms with Crippen LogP contribution in [0.3, 0.4) is 0 Å². The van der Waals surface area contributed by atoms with Crippen molar-refractivity contribution in [3.05, 3.63) is 22.4 Å². The van der Waals surface area contributed by atoms with Gasteiger partial charge in [0.25, 0.3) is 0 Å². The Balaban J connectivity index is 2.45. The molecule has 1 aromatic heterocycles. The number of amides is 2. The molecule has 0 unspecified atom stereocenters. The standard InChI is InChI=1S/C8H11N3OS/c1-6(10-11-8(9)12)5-7-3-2-4-13-7/h2-4H,5H2,1H3,(H3,9,11,12)/b10-6+. The van der Waals surface area contributed by atoms with Gasteiger partial charge in [0.2, 0.25) is 0 Å². The molecular formula is C8H11N3OS. The van der Waals surface area contributed by atoms with Gasteiger partial charge in [-0.3, -0.25) is 0 Å². The number of nitrogens with one attached hydrogen (secondary N) is 1. The van der Waals surface area contributed by atoms with Gasteiger partial charge >= 0.3 is 6.03 Å². The Labute approximate surface area is 80.4 Å². The Kier molecular flexibility index (Phi) is 3.45. The highest BCUT2D eigenvalue weighted by molar-refractivity contribution is 7.10. The zero-order valence-electron chi connectivity index (χ0n) is 7.28. The van der Waals surface area contributed by atoms with Gasteiger partial charge in [0.15, 0.2) is 0 Å². The number of carbonyl (C=O) groups excluding carboxylic acids is 1. The van der Waals surface area contributed by atoms with Crippen molar-refractivity contribution < 1.29 is 4.79 Å². The molecule has 0 aliphatic rings. The first-order valence-corrected chi connectivity index (χ1v) is 4.67. The molecule has 0 aliphatic carbocycles. The first kappa shape index (κ1) is 9.73. The number of nitrogens with zero attached hydrogens (tertiary/aromatic N) is 1. The first-order valence-electron chi connectivity index (χ1n) is 3.79. The van der Waals surface area contributed by atoms with Gasteiger partial charge < -0.3 is 5.73 Å². The normalized spacial score (nSPS) is 11.3. The number of carbonyl (C=O) groups is 1. The van der Waals surface area contributed by atoms with Gasteiger partial charge in [-0.1, -0.05) is 6.07 Å². The van der Waals surface area contributed by atoms with Crippen LogP contribution in [-0.2, 0) is 6.42 Å². The van der Waals surface area contributed by atoms with E-state index in [0.29, 0.717) is 0 Å². The van der Waals surface area contributed by atoms with E-state index in [-0.39, 0.29) is 0 Å². The summed E-state index contributed by atoms with van der Waals surface area (Å²) in [4.78, 5) is 11.5. The molecule has 0 bridgehead atoms. The summed E-state index contributed by atoms with van der Waals surface area (Å²) in [6.07, 6.45) is 0.748. The molecule has 4 nitrogen and oxygen atoms in total. The molecule has 0 aliphatic heterocycles. The van der Waals surface area contributed by atoms with Crippen LogP contribution < -0.4 is 11.2 Å². The topological polar surface area (TPSA) is 67.5 Å². The van der Waals surface area contributed by atoms with Crippen LogP contribution in [0.4, 0.5) is 4.79 Å². The zero-order chi connectivity index (χ0) is 9.68. The van der Waals surface area contributed by atoms with E-state index in [9.17, 15) is 4.79 Å². The molecule has 13 heavy (non-hydrogen) atoms. The molecule has 0 fully saturated rings. The van der Waals surface area contributed by atoms with E-state index >= 15 is 0 Å². The van der Waals surface area contributed by atoms with Crippen LogP contribution in [0.1, 0.15) is 11.8 Å². The Morgan fingerprint density at radius 3 is 3.08 bits per heavy atom. The second-order valence-electron chi connectivity index (χ2n) is 2.58. The third kappa shape index (κ3) is 3.71. The van der Waals surface area contributed by atoms with Crippen molar-refractivity contribution >= 4 is 23.1 Å². The van der Waals surface area contributed by atoms with Crippen molar-refractivity contribution in [3.8, 4) is 0 Å². The molecule has 0 radical (unpaired) electrons. The van der Waals surface area contributed by atoms with E-state index in [1.165, 1.54) is 4.88 Å². The monoisotopic (exact) mass is 197 g/mol. The number of hydrogen-bond acceptors (Lipinski definition) is 3. The summed E-state index contributed by atoms with van der Waals surface area (Å²) in [5.74, 6) is 0. The van der Waals surface area contributed by atoms with Gasteiger partial charge in [-0.05, 0) is 18.4 Å². The molecule has 1 rings (SSSR count). The summed E-state index contributed by atoms with van der Waals surface area (Å²) in [6, 6.07) is 3.37. The second-order valence-corrected chi connectivity index (χ2v) is 3.61. The van der Waals surface area contributed by atoms with Crippen LogP contribution in [0.2, 0.25) is 0 Å². The van der Waals surface area contributed by atoms with E-state index in [2.05, 4.69) is 10.5 Å². The average molecular weight is 197 g/mol. The van der Waals surface area contributed by atoms with Crippen molar-refractivity contribution in [1.82, 2.24) is 5.43 Å². The summed E-state index contributed by atoms with van der Waals surface area (Å²) in [6.45, 7) is 1.84. The lowest BCUT2D eigenvalue weighted by atomic mass is 10.2. The first-order chi connectivity index (χ1) is 6.18. The lowest BCUT2D eigenvalue weighted by molar-refractivity contribution is 0.249. The smallest absolute Gasteiger partial charge is 0.332 e. The molecule has 1 heterocycles. The maximum atomic E-state index is 10.3. The minimum absolute atomic E-state index is 0.634. The maximum absolute atomic E-state index is 10.3. The van der Waals surface area contributed by atoms with E-state index in [1.54, 1.807) is 11.3 Å². The summed E-state index contributed by atoms with van der Waals surface area (Å²) in [5.41, 5.74) is 7.88. The number of rotatable bonds is 3. The predicted molar refractivity (Wildman–Crippen MR) is 53.9 cm³/mol. The molecule has 0 aromatic carbocycles. The van der Waals surface area contributed by atoms with Gasteiger partial charge in [0, 0.05) is 17.0 Å². The number of hydrazone groups is 1. The third-order valence-electron chi connectivity index (χ3n) is 1.37. The van der Waals surface area contributed by atoms with Crippen molar-refractivity contribution in [3.63, 3.8) is 0 Å². The second kappa shape index (κ2) is 4.61. The number of primary amides is 1. The van der Waals surface area contributed by atoms with E-state index in [0.717, 1.165) is 12.1 Å². The molecule has 0 spiro atoms. The SMILES string of the molecule is C/C(Cc1cccs1)=N\NC(N)=O. The Morgan fingerprint density at radius 2 is 2.54 bits per heavy atom. The predicted octanol–water partition coefficient (Wildman–Crippen LogP) is 1.33. The van der Waals surface area contributed by atoms with Crippen molar-refractivity contribution in [2.24, 2.45) is 10.8 Å². The van der Waals surface area contributed by atoms with Crippen molar-refractivity contribution in [2.45, 2.75) is 13.3 Å². The molecule has 0 saturated heterocycles. The summed E-state index contributed by atoms with van der Waals surface area (Å²) in [5, 5.41) is 5.80. The minimum Gasteiger partial charge on any atom is -0.350 e. The van der Waals surface area contributed by atoms with Gasteiger partial charge in [0.1, 0.15) is 0 Å². The summed E-state index contributed by atoms with van der Waals surface area (Å²) >= 11 is 1.66. The fraction of sp³-hybridized carbons (Fsp3) is 0.250. The fourth-order valence-corrected chi connectivity index (χ4v) is 1.64. The lowest BCUT2D eigenvalue weighted by Crippen LogP contribution is -2.25. The van der Waals surface area contributed by atoms with E-state index in [4.69, 9.17) is 5.73 Å². The Morgan fingerprint density at radius 1 is 1.77 bits per heavy atom. The highest BCUT2D eigenvalue weighted by atomic mass is 32.1. The van der Waals surface area contributed by atoms with Crippen LogP contribution in [0.15, 0.2) is 22.6 Å². The Bertz CT molecular complexity index is 305. The third-order valence-corrected chi connectivity index (χ3v) is 2.24. The van der Waals surface area contributed by atoms with Crippen LogP contribution in [0, 0.1) is 0 Å². The zero-order valence-corrected chi connectivity index (χ0v) is 8.10. The summed E-state index contributed by atoms with van der Waals surface area (Å²) in [7, 11) is 0. The quantitative estimate of drug-likeness (QED) is 0.557. The largest absolute Gasteiger partial charge is 0.350 e. The molecule has 5 heteroatoms.